The molecule has 1 fully saturated rings. The molecule has 1 amide bonds. The zero-order valence-electron chi connectivity index (χ0n) is 12.3. The number of nitrogens with two attached hydrogens (primary N) is 1. The minimum absolute atomic E-state index is 0.343. The molecule has 1 aliphatic carbocycles. The Labute approximate surface area is 112 Å². The molecule has 0 aromatic heterocycles. The van der Waals surface area contributed by atoms with Crippen LogP contribution in [0.25, 0.3) is 0 Å². The molecular weight excluding hydrogens is 224 g/mol. The minimum atomic E-state index is 0.343. The molecular formula is C15H30N2O. The van der Waals surface area contributed by atoms with Crippen LogP contribution in [0.3, 0.4) is 0 Å². The number of rotatable bonds is 7. The van der Waals surface area contributed by atoms with E-state index in [4.69, 9.17) is 5.73 Å². The molecule has 0 aliphatic heterocycles. The maximum absolute atomic E-state index is 12.4. The third-order valence-corrected chi connectivity index (χ3v) is 3.90. The van der Waals surface area contributed by atoms with Crippen LogP contribution in [-0.2, 0) is 4.79 Å². The quantitative estimate of drug-likeness (QED) is 0.759. The van der Waals surface area contributed by atoms with Gasteiger partial charge in [-0.15, -0.1) is 0 Å². The fourth-order valence-corrected chi connectivity index (χ4v) is 2.70. The molecule has 1 saturated carbocycles. The van der Waals surface area contributed by atoms with Gasteiger partial charge in [-0.25, -0.2) is 0 Å². The normalized spacial score (nSPS) is 18.3. The van der Waals surface area contributed by atoms with Crippen molar-refractivity contribution >= 4 is 5.91 Å². The molecule has 0 aromatic carbocycles. The van der Waals surface area contributed by atoms with Gasteiger partial charge in [0.25, 0.3) is 0 Å². The topological polar surface area (TPSA) is 46.3 Å². The molecule has 0 aromatic rings. The van der Waals surface area contributed by atoms with E-state index < -0.39 is 0 Å². The van der Waals surface area contributed by atoms with Gasteiger partial charge in [-0.3, -0.25) is 4.79 Å². The summed E-state index contributed by atoms with van der Waals surface area (Å²) in [5.41, 5.74) is 5.61. The van der Waals surface area contributed by atoms with Crippen LogP contribution in [0.1, 0.15) is 59.3 Å². The molecule has 1 unspecified atom stereocenters. The number of hydrogen-bond acceptors (Lipinski definition) is 2. The number of hydrogen-bond donors (Lipinski definition) is 1. The second kappa shape index (κ2) is 7.78. The van der Waals surface area contributed by atoms with Crippen LogP contribution >= 0.6 is 0 Å². The molecule has 2 N–H and O–H groups in total. The predicted octanol–water partition coefficient (Wildman–Crippen LogP) is 2.79. The molecule has 18 heavy (non-hydrogen) atoms. The Bertz CT molecular complexity index is 247. The summed E-state index contributed by atoms with van der Waals surface area (Å²) in [5.74, 6) is 1.36. The van der Waals surface area contributed by atoms with Gasteiger partial charge in [-0.05, 0) is 37.6 Å². The fraction of sp³-hybridized carbons (Fsp3) is 0.933. The zero-order chi connectivity index (χ0) is 13.5. The van der Waals surface area contributed by atoms with Crippen LogP contribution in [0.2, 0.25) is 0 Å². The summed E-state index contributed by atoms with van der Waals surface area (Å²) in [7, 11) is 0. The highest BCUT2D eigenvalue weighted by molar-refractivity contribution is 5.76. The molecule has 1 aliphatic rings. The van der Waals surface area contributed by atoms with Gasteiger partial charge in [0.05, 0.1) is 0 Å². The first kappa shape index (κ1) is 15.5. The van der Waals surface area contributed by atoms with E-state index in [1.807, 2.05) is 0 Å². The molecule has 0 heterocycles. The van der Waals surface area contributed by atoms with Crippen molar-refractivity contribution in [2.45, 2.75) is 65.3 Å². The first-order chi connectivity index (χ1) is 8.54. The third kappa shape index (κ3) is 4.97. The van der Waals surface area contributed by atoms with Crippen LogP contribution < -0.4 is 5.73 Å². The SMILES string of the molecule is CC(C)CN(C(=O)CCC(C)CN)C1CCCC1. The van der Waals surface area contributed by atoms with Gasteiger partial charge >= 0.3 is 0 Å². The molecule has 3 nitrogen and oxygen atoms in total. The first-order valence-electron chi connectivity index (χ1n) is 7.54. The summed E-state index contributed by atoms with van der Waals surface area (Å²) in [6.45, 7) is 8.10. The van der Waals surface area contributed by atoms with Gasteiger partial charge in [0.1, 0.15) is 0 Å². The Morgan fingerprint density at radius 2 is 1.89 bits per heavy atom. The van der Waals surface area contributed by atoms with E-state index in [0.717, 1.165) is 13.0 Å². The monoisotopic (exact) mass is 254 g/mol. The van der Waals surface area contributed by atoms with Gasteiger partial charge in [-0.2, -0.15) is 0 Å². The summed E-state index contributed by atoms with van der Waals surface area (Å²) >= 11 is 0. The largest absolute Gasteiger partial charge is 0.339 e. The maximum atomic E-state index is 12.4. The number of nitrogens with zero attached hydrogens (tertiary/aromatic N) is 1. The minimum Gasteiger partial charge on any atom is -0.339 e. The molecule has 106 valence electrons. The standard InChI is InChI=1S/C15H30N2O/c1-12(2)11-17(14-6-4-5-7-14)15(18)9-8-13(3)10-16/h12-14H,4-11,16H2,1-3H3. The van der Waals surface area contributed by atoms with Crippen molar-refractivity contribution < 1.29 is 4.79 Å². The second-order valence-corrected chi connectivity index (χ2v) is 6.26. The van der Waals surface area contributed by atoms with E-state index in [-0.39, 0.29) is 0 Å². The summed E-state index contributed by atoms with van der Waals surface area (Å²) in [4.78, 5) is 14.5. The summed E-state index contributed by atoms with van der Waals surface area (Å²) in [6.07, 6.45) is 6.56. The Morgan fingerprint density at radius 3 is 2.39 bits per heavy atom. The van der Waals surface area contributed by atoms with Crippen LogP contribution in [0.15, 0.2) is 0 Å². The van der Waals surface area contributed by atoms with Crippen molar-refractivity contribution in [3.63, 3.8) is 0 Å². The average molecular weight is 254 g/mol. The van der Waals surface area contributed by atoms with Crippen molar-refractivity contribution in [2.24, 2.45) is 17.6 Å². The van der Waals surface area contributed by atoms with Crippen molar-refractivity contribution in [1.29, 1.82) is 0 Å². The summed E-state index contributed by atoms with van der Waals surface area (Å²) < 4.78 is 0. The fourth-order valence-electron chi connectivity index (χ4n) is 2.70. The molecule has 0 radical (unpaired) electrons. The lowest BCUT2D eigenvalue weighted by atomic mass is 10.0. The van der Waals surface area contributed by atoms with E-state index in [9.17, 15) is 4.79 Å². The average Bonchev–Trinajstić information content (AvgIpc) is 2.85. The van der Waals surface area contributed by atoms with E-state index in [1.54, 1.807) is 0 Å². The Hall–Kier alpha value is -0.570. The predicted molar refractivity (Wildman–Crippen MR) is 76.3 cm³/mol. The smallest absolute Gasteiger partial charge is 0.222 e. The number of carbonyl (C=O) groups excluding carboxylic acids is 1. The van der Waals surface area contributed by atoms with Crippen LogP contribution in [0, 0.1) is 11.8 Å². The lowest BCUT2D eigenvalue weighted by Gasteiger charge is -2.31. The summed E-state index contributed by atoms with van der Waals surface area (Å²) in [6, 6.07) is 0.507. The second-order valence-electron chi connectivity index (χ2n) is 6.26. The van der Waals surface area contributed by atoms with E-state index in [2.05, 4.69) is 25.7 Å². The van der Waals surface area contributed by atoms with Crippen molar-refractivity contribution in [1.82, 2.24) is 4.90 Å². The Balaban J connectivity index is 2.49. The third-order valence-electron chi connectivity index (χ3n) is 3.90. The molecule has 0 saturated heterocycles. The highest BCUT2D eigenvalue weighted by Crippen LogP contribution is 2.25. The highest BCUT2D eigenvalue weighted by atomic mass is 16.2. The van der Waals surface area contributed by atoms with Crippen LogP contribution in [0.4, 0.5) is 0 Å². The lowest BCUT2D eigenvalue weighted by Crippen LogP contribution is -2.41. The van der Waals surface area contributed by atoms with Crippen LogP contribution in [-0.4, -0.2) is 29.9 Å². The molecule has 3 heteroatoms. The number of carbonyl (C=O) groups is 1. The highest BCUT2D eigenvalue weighted by Gasteiger charge is 2.26. The van der Waals surface area contributed by atoms with E-state index in [1.165, 1.54) is 25.7 Å². The first-order valence-corrected chi connectivity index (χ1v) is 7.54. The van der Waals surface area contributed by atoms with E-state index in [0.29, 0.717) is 36.8 Å². The molecule has 0 bridgehead atoms. The zero-order valence-corrected chi connectivity index (χ0v) is 12.3. The van der Waals surface area contributed by atoms with Gasteiger partial charge in [0.15, 0.2) is 0 Å². The molecule has 1 atom stereocenters. The Morgan fingerprint density at radius 1 is 1.28 bits per heavy atom. The van der Waals surface area contributed by atoms with Crippen molar-refractivity contribution in [2.75, 3.05) is 13.1 Å². The molecule has 1 rings (SSSR count). The maximum Gasteiger partial charge on any atom is 0.222 e. The van der Waals surface area contributed by atoms with E-state index >= 15 is 0 Å². The van der Waals surface area contributed by atoms with Crippen molar-refractivity contribution in [3.05, 3.63) is 0 Å². The van der Waals surface area contributed by atoms with Crippen LogP contribution in [0.5, 0.6) is 0 Å². The van der Waals surface area contributed by atoms with Gasteiger partial charge in [-0.1, -0.05) is 33.6 Å². The lowest BCUT2D eigenvalue weighted by molar-refractivity contribution is -0.134. The Kier molecular flexibility index (Phi) is 6.69. The number of amides is 1. The van der Waals surface area contributed by atoms with Crippen molar-refractivity contribution in [3.8, 4) is 0 Å². The van der Waals surface area contributed by atoms with Gasteiger partial charge in [0.2, 0.25) is 5.91 Å². The van der Waals surface area contributed by atoms with Gasteiger partial charge < -0.3 is 10.6 Å². The van der Waals surface area contributed by atoms with Gasteiger partial charge in [0, 0.05) is 19.0 Å². The summed E-state index contributed by atoms with van der Waals surface area (Å²) in [5, 5.41) is 0. The molecule has 0 spiro atoms.